The van der Waals surface area contributed by atoms with E-state index in [-0.39, 0.29) is 5.82 Å². The maximum absolute atomic E-state index is 13.3. The molecule has 0 amide bonds. The maximum Gasteiger partial charge on any atom is 0.126 e. The van der Waals surface area contributed by atoms with Crippen LogP contribution in [0.15, 0.2) is 36.4 Å². The lowest BCUT2D eigenvalue weighted by Gasteiger charge is -2.01. The fourth-order valence-electron chi connectivity index (χ4n) is 1.87. The van der Waals surface area contributed by atoms with Crippen molar-refractivity contribution < 1.29 is 4.39 Å². The second kappa shape index (κ2) is 4.07. The van der Waals surface area contributed by atoms with Crippen molar-refractivity contribution in [2.45, 2.75) is 6.92 Å². The summed E-state index contributed by atoms with van der Waals surface area (Å²) in [5, 5.41) is 0.757. The largest absolute Gasteiger partial charge is 0.398 e. The molecule has 0 spiro atoms. The van der Waals surface area contributed by atoms with Gasteiger partial charge in [0.25, 0.3) is 0 Å². The standard InChI is InChI=1S/C14H11FN2S/c1-8-2-5-13-12(6-8)17-14(18-13)10-7-9(15)3-4-11(10)16/h2-7H,16H2,1H3. The van der Waals surface area contributed by atoms with Crippen LogP contribution in [-0.4, -0.2) is 4.98 Å². The lowest BCUT2D eigenvalue weighted by atomic mass is 10.2. The van der Waals surface area contributed by atoms with Crippen molar-refractivity contribution in [2.24, 2.45) is 0 Å². The molecule has 0 unspecified atom stereocenters. The summed E-state index contributed by atoms with van der Waals surface area (Å²) in [6.07, 6.45) is 0. The number of hydrogen-bond acceptors (Lipinski definition) is 3. The van der Waals surface area contributed by atoms with Gasteiger partial charge in [-0.15, -0.1) is 11.3 Å². The molecule has 2 aromatic carbocycles. The van der Waals surface area contributed by atoms with Crippen LogP contribution in [0.3, 0.4) is 0 Å². The van der Waals surface area contributed by atoms with E-state index in [2.05, 4.69) is 4.98 Å². The van der Waals surface area contributed by atoms with Crippen molar-refractivity contribution in [2.75, 3.05) is 5.73 Å². The first-order valence-corrected chi connectivity index (χ1v) is 6.38. The van der Waals surface area contributed by atoms with Gasteiger partial charge in [0.1, 0.15) is 10.8 Å². The van der Waals surface area contributed by atoms with E-state index in [0.29, 0.717) is 11.3 Å². The number of hydrogen-bond donors (Lipinski definition) is 1. The molecule has 2 N–H and O–H groups in total. The number of benzene rings is 2. The van der Waals surface area contributed by atoms with E-state index in [1.807, 2.05) is 25.1 Å². The number of nitrogen functional groups attached to an aromatic ring is 1. The third-order valence-electron chi connectivity index (χ3n) is 2.79. The third kappa shape index (κ3) is 1.84. The Morgan fingerprint density at radius 3 is 2.83 bits per heavy atom. The van der Waals surface area contributed by atoms with E-state index < -0.39 is 0 Å². The van der Waals surface area contributed by atoms with Crippen LogP contribution in [0.5, 0.6) is 0 Å². The van der Waals surface area contributed by atoms with Gasteiger partial charge in [-0.2, -0.15) is 0 Å². The molecule has 0 radical (unpaired) electrons. The van der Waals surface area contributed by atoms with E-state index in [1.165, 1.54) is 23.5 Å². The number of halogens is 1. The number of anilines is 1. The van der Waals surface area contributed by atoms with Gasteiger partial charge in [0.15, 0.2) is 0 Å². The fourth-order valence-corrected chi connectivity index (χ4v) is 2.85. The molecular weight excluding hydrogens is 247 g/mol. The Labute approximate surface area is 108 Å². The van der Waals surface area contributed by atoms with Gasteiger partial charge in [0.2, 0.25) is 0 Å². The van der Waals surface area contributed by atoms with Crippen LogP contribution in [0.4, 0.5) is 10.1 Å². The van der Waals surface area contributed by atoms with Crippen LogP contribution in [0.2, 0.25) is 0 Å². The predicted molar refractivity (Wildman–Crippen MR) is 74.2 cm³/mol. The zero-order chi connectivity index (χ0) is 12.7. The molecule has 0 atom stereocenters. The topological polar surface area (TPSA) is 38.9 Å². The summed E-state index contributed by atoms with van der Waals surface area (Å²) in [5.74, 6) is -0.297. The predicted octanol–water partition coefficient (Wildman–Crippen LogP) is 3.99. The number of nitrogens with two attached hydrogens (primary N) is 1. The summed E-state index contributed by atoms with van der Waals surface area (Å²) in [7, 11) is 0. The molecule has 4 heteroatoms. The minimum absolute atomic E-state index is 0.297. The Kier molecular flexibility index (Phi) is 2.52. The molecule has 0 aliphatic heterocycles. The zero-order valence-corrected chi connectivity index (χ0v) is 10.6. The first-order chi connectivity index (χ1) is 8.63. The minimum Gasteiger partial charge on any atom is -0.398 e. The van der Waals surface area contributed by atoms with Gasteiger partial charge >= 0.3 is 0 Å². The lowest BCUT2D eigenvalue weighted by molar-refractivity contribution is 0.628. The maximum atomic E-state index is 13.3. The Balaban J connectivity index is 2.22. The first-order valence-electron chi connectivity index (χ1n) is 5.56. The molecule has 1 aromatic heterocycles. The average Bonchev–Trinajstić information content (AvgIpc) is 2.74. The normalized spacial score (nSPS) is 11.0. The molecule has 0 bridgehead atoms. The fraction of sp³-hybridized carbons (Fsp3) is 0.0714. The van der Waals surface area contributed by atoms with Gasteiger partial charge in [-0.1, -0.05) is 6.07 Å². The van der Waals surface area contributed by atoms with Crippen molar-refractivity contribution in [3.05, 3.63) is 47.8 Å². The summed E-state index contributed by atoms with van der Waals surface area (Å²) in [5.41, 5.74) is 9.17. The summed E-state index contributed by atoms with van der Waals surface area (Å²) < 4.78 is 14.4. The summed E-state index contributed by atoms with van der Waals surface area (Å²) in [6, 6.07) is 10.4. The Hall–Kier alpha value is -1.94. The van der Waals surface area contributed by atoms with Crippen molar-refractivity contribution in [3.63, 3.8) is 0 Å². The van der Waals surface area contributed by atoms with Gasteiger partial charge in [-0.05, 0) is 42.8 Å². The highest BCUT2D eigenvalue weighted by Crippen LogP contribution is 2.33. The molecular formula is C14H11FN2S. The summed E-state index contributed by atoms with van der Waals surface area (Å²) in [4.78, 5) is 4.52. The van der Waals surface area contributed by atoms with Crippen LogP contribution in [0.1, 0.15) is 5.56 Å². The van der Waals surface area contributed by atoms with Gasteiger partial charge in [0, 0.05) is 11.3 Å². The smallest absolute Gasteiger partial charge is 0.126 e. The molecule has 2 nitrogen and oxygen atoms in total. The van der Waals surface area contributed by atoms with Crippen LogP contribution < -0.4 is 5.73 Å². The van der Waals surface area contributed by atoms with Crippen LogP contribution in [0, 0.1) is 12.7 Å². The lowest BCUT2D eigenvalue weighted by Crippen LogP contribution is -1.90. The highest BCUT2D eigenvalue weighted by atomic mass is 32.1. The molecule has 0 saturated heterocycles. The molecule has 0 aliphatic carbocycles. The summed E-state index contributed by atoms with van der Waals surface area (Å²) in [6.45, 7) is 2.02. The van der Waals surface area contributed by atoms with Gasteiger partial charge in [0.05, 0.1) is 10.2 Å². The van der Waals surface area contributed by atoms with Gasteiger partial charge in [-0.25, -0.2) is 9.37 Å². The van der Waals surface area contributed by atoms with Crippen molar-refractivity contribution >= 4 is 27.2 Å². The van der Waals surface area contributed by atoms with E-state index in [4.69, 9.17) is 5.73 Å². The van der Waals surface area contributed by atoms with E-state index in [0.717, 1.165) is 20.8 Å². The van der Waals surface area contributed by atoms with Crippen molar-refractivity contribution in [1.82, 2.24) is 4.98 Å². The number of aryl methyl sites for hydroxylation is 1. The molecule has 18 heavy (non-hydrogen) atoms. The van der Waals surface area contributed by atoms with Gasteiger partial charge < -0.3 is 5.73 Å². The number of nitrogens with zero attached hydrogens (tertiary/aromatic N) is 1. The SMILES string of the molecule is Cc1ccc2sc(-c3cc(F)ccc3N)nc2c1. The number of rotatable bonds is 1. The van der Waals surface area contributed by atoms with E-state index in [9.17, 15) is 4.39 Å². The van der Waals surface area contributed by atoms with Crippen LogP contribution >= 0.6 is 11.3 Å². The Morgan fingerprint density at radius 2 is 2.00 bits per heavy atom. The molecule has 1 heterocycles. The Bertz CT molecular complexity index is 734. The number of thiazole rings is 1. The molecule has 90 valence electrons. The second-order valence-corrected chi connectivity index (χ2v) is 5.25. The zero-order valence-electron chi connectivity index (χ0n) is 9.77. The Morgan fingerprint density at radius 1 is 1.17 bits per heavy atom. The van der Waals surface area contributed by atoms with E-state index >= 15 is 0 Å². The molecule has 3 aromatic rings. The quantitative estimate of drug-likeness (QED) is 0.670. The number of fused-ring (bicyclic) bond motifs is 1. The highest BCUT2D eigenvalue weighted by Gasteiger charge is 2.10. The van der Waals surface area contributed by atoms with Crippen LogP contribution in [0.25, 0.3) is 20.8 Å². The minimum atomic E-state index is -0.297. The van der Waals surface area contributed by atoms with Crippen molar-refractivity contribution in [3.8, 4) is 10.6 Å². The average molecular weight is 258 g/mol. The third-order valence-corrected chi connectivity index (χ3v) is 3.86. The van der Waals surface area contributed by atoms with Crippen molar-refractivity contribution in [1.29, 1.82) is 0 Å². The first kappa shape index (κ1) is 11.2. The van der Waals surface area contributed by atoms with Crippen LogP contribution in [-0.2, 0) is 0 Å². The molecule has 3 rings (SSSR count). The highest BCUT2D eigenvalue weighted by molar-refractivity contribution is 7.21. The monoisotopic (exact) mass is 258 g/mol. The van der Waals surface area contributed by atoms with Gasteiger partial charge in [-0.3, -0.25) is 0 Å². The summed E-state index contributed by atoms with van der Waals surface area (Å²) >= 11 is 1.52. The number of aromatic nitrogens is 1. The molecule has 0 saturated carbocycles. The molecule has 0 fully saturated rings. The second-order valence-electron chi connectivity index (χ2n) is 4.22. The van der Waals surface area contributed by atoms with E-state index in [1.54, 1.807) is 6.07 Å². The molecule has 0 aliphatic rings.